The van der Waals surface area contributed by atoms with Crippen LogP contribution in [0.3, 0.4) is 0 Å². The number of hydrogen-bond donors (Lipinski definition) is 7. The van der Waals surface area contributed by atoms with Gasteiger partial charge in [-0.3, -0.25) is 9.88 Å². The summed E-state index contributed by atoms with van der Waals surface area (Å²) in [5, 5.41) is 23.7. The highest BCUT2D eigenvalue weighted by Crippen LogP contribution is 2.15. The maximum Gasteiger partial charge on any atom is 0.0945 e. The molecule has 7 rings (SSSR count). The van der Waals surface area contributed by atoms with E-state index >= 15 is 0 Å². The summed E-state index contributed by atoms with van der Waals surface area (Å²) < 4.78 is 3.23. The number of aromatic nitrogens is 3. The van der Waals surface area contributed by atoms with Gasteiger partial charge >= 0.3 is 0 Å². The topological polar surface area (TPSA) is 121 Å². The summed E-state index contributed by atoms with van der Waals surface area (Å²) in [6.45, 7) is 64.7. The summed E-state index contributed by atoms with van der Waals surface area (Å²) in [6, 6.07) is 59.2. The van der Waals surface area contributed by atoms with Crippen LogP contribution < -0.4 is 37.2 Å². The van der Waals surface area contributed by atoms with Gasteiger partial charge in [0.05, 0.1) is 6.33 Å². The third kappa shape index (κ3) is 65.6. The molecule has 7 N–H and O–H groups in total. The van der Waals surface area contributed by atoms with Crippen LogP contribution in [0.4, 0.5) is 0 Å². The van der Waals surface area contributed by atoms with Crippen molar-refractivity contribution >= 4 is 15.9 Å². The Bertz CT molecular complexity index is 2830. The highest BCUT2D eigenvalue weighted by atomic mass is 79.9. The molecule has 0 aliphatic rings. The van der Waals surface area contributed by atoms with Gasteiger partial charge in [-0.1, -0.05) is 288 Å². The van der Waals surface area contributed by atoms with E-state index in [0.29, 0.717) is 54.4 Å². The van der Waals surface area contributed by atoms with Crippen LogP contribution in [0.15, 0.2) is 187 Å². The summed E-state index contributed by atoms with van der Waals surface area (Å²) in [7, 11) is 0. The molecule has 0 amide bonds. The average Bonchev–Trinajstić information content (AvgIpc) is 0.889. The monoisotopic (exact) mass is 1530 g/mol. The molecule has 12 nitrogen and oxygen atoms in total. The highest BCUT2D eigenvalue weighted by molar-refractivity contribution is 9.10. The van der Waals surface area contributed by atoms with Gasteiger partial charge in [-0.15, -0.1) is 0 Å². The van der Waals surface area contributed by atoms with Gasteiger partial charge in [0.25, 0.3) is 0 Å². The van der Waals surface area contributed by atoms with E-state index in [1.165, 1.54) is 110 Å². The Morgan fingerprint density at radius 3 is 1.18 bits per heavy atom. The summed E-state index contributed by atoms with van der Waals surface area (Å²) in [5.74, 6) is 0. The van der Waals surface area contributed by atoms with Gasteiger partial charge in [-0.2, -0.15) is 0 Å². The first-order valence-corrected chi connectivity index (χ1v) is 41.9. The molecule has 7 aromatic rings. The predicted octanol–water partition coefficient (Wildman–Crippen LogP) is 21.7. The van der Waals surface area contributed by atoms with Crippen molar-refractivity contribution in [3.05, 3.63) is 226 Å². The van der Waals surface area contributed by atoms with Gasteiger partial charge in [0, 0.05) is 129 Å². The molecular weight excluding hydrogens is 1370 g/mol. The summed E-state index contributed by atoms with van der Waals surface area (Å²) >= 11 is 3.41. The fourth-order valence-corrected chi connectivity index (χ4v) is 10.4. The van der Waals surface area contributed by atoms with Crippen LogP contribution in [0.2, 0.25) is 0 Å². The SMILES string of the molecule is CC(C)NCCCn1ccnc1.CC(C)NCc1ccc(Br)cc1.CC(C)NCc1ccccc1.CC(C)NCc1ccccc1CCc1ccccc1.CC(C)NCc1ccncc1.CCC(C)NC(C)C.CCCCN(Cc1ccccc1)C(C)C.CCCCNC(C)C.CCCN(CCC)C(C)C. The number of pyridine rings is 1. The molecule has 5 aromatic carbocycles. The first kappa shape index (κ1) is 103. The smallest absolute Gasteiger partial charge is 0.0945 e. The van der Waals surface area contributed by atoms with Crippen molar-refractivity contribution in [3.8, 4) is 0 Å². The maximum atomic E-state index is 3.98. The lowest BCUT2D eigenvalue weighted by molar-refractivity contribution is 0.209. The van der Waals surface area contributed by atoms with E-state index in [-0.39, 0.29) is 0 Å². The lowest BCUT2D eigenvalue weighted by atomic mass is 9.99. The third-order valence-corrected chi connectivity index (χ3v) is 17.1. The van der Waals surface area contributed by atoms with Crippen LogP contribution in [-0.2, 0) is 52.1 Å². The molecule has 0 fully saturated rings. The molecule has 0 spiro atoms. The van der Waals surface area contributed by atoms with Gasteiger partial charge in [-0.25, -0.2) is 4.98 Å². The Morgan fingerprint density at radius 2 is 0.774 bits per heavy atom. The molecule has 0 radical (unpaired) electrons. The minimum absolute atomic E-state index is 0.530. The van der Waals surface area contributed by atoms with Crippen LogP contribution in [0.1, 0.15) is 256 Å². The zero-order valence-corrected chi connectivity index (χ0v) is 73.6. The first-order chi connectivity index (χ1) is 50.7. The molecule has 1 unspecified atom stereocenters. The zero-order valence-electron chi connectivity index (χ0n) is 72.1. The third-order valence-electron chi connectivity index (χ3n) is 16.5. The number of nitrogens with zero attached hydrogens (tertiary/aromatic N) is 5. The number of halogens is 1. The molecule has 0 bridgehead atoms. The Kier molecular flexibility index (Phi) is 67.8. The Hall–Kier alpha value is -5.42. The lowest BCUT2D eigenvalue weighted by Crippen LogP contribution is -2.32. The molecule has 106 heavy (non-hydrogen) atoms. The fraction of sp³-hybridized carbons (Fsp3) is 0.591. The van der Waals surface area contributed by atoms with Crippen LogP contribution in [0.5, 0.6) is 0 Å². The lowest BCUT2D eigenvalue weighted by Gasteiger charge is -2.26. The second-order valence-electron chi connectivity index (χ2n) is 30.3. The number of rotatable bonds is 38. The molecular formula is C93H161BrN12. The normalized spacial score (nSPS) is 11.1. The van der Waals surface area contributed by atoms with Crippen LogP contribution in [0.25, 0.3) is 0 Å². The quantitative estimate of drug-likeness (QED) is 0.0187. The van der Waals surface area contributed by atoms with Crippen LogP contribution in [0, 0.1) is 0 Å². The second kappa shape index (κ2) is 70.0. The van der Waals surface area contributed by atoms with Crippen molar-refractivity contribution in [1.82, 2.24) is 61.6 Å². The Morgan fingerprint density at radius 1 is 0.358 bits per heavy atom. The molecule has 13 heteroatoms. The van der Waals surface area contributed by atoms with E-state index in [2.05, 4.69) is 377 Å². The summed E-state index contributed by atoms with van der Waals surface area (Å²) in [5.41, 5.74) is 9.67. The van der Waals surface area contributed by atoms with E-state index in [0.717, 1.165) is 75.6 Å². The fourth-order valence-electron chi connectivity index (χ4n) is 10.1. The first-order valence-electron chi connectivity index (χ1n) is 41.1. The van der Waals surface area contributed by atoms with Crippen molar-refractivity contribution in [1.29, 1.82) is 0 Å². The van der Waals surface area contributed by atoms with E-state index in [9.17, 15) is 0 Å². The number of unbranched alkanes of at least 4 members (excludes halogenated alkanes) is 2. The van der Waals surface area contributed by atoms with E-state index in [1.54, 1.807) is 0 Å². The minimum atomic E-state index is 0.530. The maximum absolute atomic E-state index is 3.98. The Balaban J connectivity index is 0. The molecule has 2 aromatic heterocycles. The van der Waals surface area contributed by atoms with Gasteiger partial charge in [0.2, 0.25) is 0 Å². The average molecular weight is 1530 g/mol. The summed E-state index contributed by atoms with van der Waals surface area (Å²) in [6.07, 6.45) is 21.6. The van der Waals surface area contributed by atoms with E-state index in [1.807, 2.05) is 49.3 Å². The van der Waals surface area contributed by atoms with Crippen molar-refractivity contribution < 1.29 is 0 Å². The molecule has 0 aliphatic heterocycles. The molecule has 2 heterocycles. The molecule has 0 aliphatic carbocycles. The van der Waals surface area contributed by atoms with Crippen molar-refractivity contribution in [3.63, 3.8) is 0 Å². The molecule has 600 valence electrons. The minimum Gasteiger partial charge on any atom is -0.337 e. The van der Waals surface area contributed by atoms with Gasteiger partial charge < -0.3 is 46.7 Å². The number of aryl methyl sites for hydroxylation is 3. The standard InChI is InChI=1S/C18H23N.C14H23N.C10H14BrN.C10H15N.C9H17N3.C9H14N2.C9H21N.2C7H17N/c1-15(2)19-14-18-11-7-6-10-17(18)13-12-16-8-4-3-5-9-16;1-4-5-11-15(13(2)3)12-14-9-7-6-8-10-14;1-8(2)12-7-9-3-5-10(11)6-4-9;1-9(2)11-8-10-6-4-3-5-7-10;1-9(2)11-4-3-6-12-7-5-10-8-12;1-8(2)11-7-9-3-5-10-6-4-9;1-5-7-10(8-6-2)9(3)4;1-5-7(4)8-6(2)3;1-4-5-6-8-7(2)3/h3-11,15,19H,12-14H2,1-2H3;6-10,13H,4-5,11-12H2,1-3H3;3-6,8,12H,7H2,1-2H3;3-7,9,11H,8H2,1-2H3;5,7-9,11H,3-4,6H2,1-2H3;3-6,8,11H,7H2,1-2H3;9H,5-8H2,1-4H3;6-8H,5H2,1-4H3;7-8H,4-6H2,1-3H3. The van der Waals surface area contributed by atoms with Crippen LogP contribution >= 0.6 is 15.9 Å². The molecule has 1 atom stereocenters. The number of benzene rings is 5. The van der Waals surface area contributed by atoms with Crippen molar-refractivity contribution in [2.45, 2.75) is 330 Å². The van der Waals surface area contributed by atoms with Gasteiger partial charge in [0.15, 0.2) is 0 Å². The van der Waals surface area contributed by atoms with E-state index < -0.39 is 0 Å². The number of imidazole rings is 1. The summed E-state index contributed by atoms with van der Waals surface area (Å²) in [4.78, 5) is 13.0. The Labute approximate surface area is 662 Å². The van der Waals surface area contributed by atoms with Gasteiger partial charge in [0.1, 0.15) is 0 Å². The highest BCUT2D eigenvalue weighted by Gasteiger charge is 2.10. The van der Waals surface area contributed by atoms with Crippen LogP contribution in [-0.4, -0.2) is 117 Å². The second-order valence-corrected chi connectivity index (χ2v) is 31.2. The largest absolute Gasteiger partial charge is 0.337 e. The van der Waals surface area contributed by atoms with E-state index in [4.69, 9.17) is 0 Å². The molecule has 0 saturated heterocycles. The number of hydrogen-bond acceptors (Lipinski definition) is 11. The molecule has 0 saturated carbocycles. The number of nitrogens with one attached hydrogen (secondary N) is 7. The van der Waals surface area contributed by atoms with Gasteiger partial charge in [-0.05, 0) is 182 Å². The van der Waals surface area contributed by atoms with Crippen molar-refractivity contribution in [2.24, 2.45) is 0 Å². The van der Waals surface area contributed by atoms with Crippen molar-refractivity contribution in [2.75, 3.05) is 32.7 Å². The predicted molar refractivity (Wildman–Crippen MR) is 473 cm³/mol. The zero-order chi connectivity index (χ0) is 79.6.